The highest BCUT2D eigenvalue weighted by Gasteiger charge is 2.15. The number of benzene rings is 1. The zero-order chi connectivity index (χ0) is 13.8. The van der Waals surface area contributed by atoms with E-state index in [2.05, 4.69) is 42.3 Å². The smallest absolute Gasteiger partial charge is 0.128 e. The maximum Gasteiger partial charge on any atom is 0.128 e. The van der Waals surface area contributed by atoms with Crippen molar-refractivity contribution < 1.29 is 4.39 Å². The molecule has 0 saturated heterocycles. The fraction of sp³-hybridized carbons (Fsp3) is 0.154. The Morgan fingerprint density at radius 3 is 2.68 bits per heavy atom. The van der Waals surface area contributed by atoms with Crippen molar-refractivity contribution in [1.82, 2.24) is 10.4 Å². The number of aromatic nitrogens is 1. The van der Waals surface area contributed by atoms with Gasteiger partial charge >= 0.3 is 0 Å². The van der Waals surface area contributed by atoms with Gasteiger partial charge in [0.25, 0.3) is 0 Å². The molecule has 19 heavy (non-hydrogen) atoms. The molecule has 6 heteroatoms. The highest BCUT2D eigenvalue weighted by molar-refractivity contribution is 9.10. The molecular weight excluding hydrogens is 377 g/mol. The molecule has 0 aliphatic rings. The van der Waals surface area contributed by atoms with Crippen molar-refractivity contribution in [2.75, 3.05) is 0 Å². The van der Waals surface area contributed by atoms with Gasteiger partial charge in [0.1, 0.15) is 5.82 Å². The molecular formula is C13H12Br2FN3. The van der Waals surface area contributed by atoms with Gasteiger partial charge in [-0.25, -0.2) is 4.39 Å². The van der Waals surface area contributed by atoms with E-state index in [4.69, 9.17) is 5.84 Å². The third-order valence-corrected chi connectivity index (χ3v) is 3.66. The Morgan fingerprint density at radius 2 is 2.00 bits per heavy atom. The quantitative estimate of drug-likeness (QED) is 0.622. The molecule has 1 atom stereocenters. The molecule has 1 aromatic heterocycles. The monoisotopic (exact) mass is 387 g/mol. The van der Waals surface area contributed by atoms with Crippen LogP contribution >= 0.6 is 31.9 Å². The second-order valence-electron chi connectivity index (χ2n) is 4.10. The Bertz CT molecular complexity index is 578. The van der Waals surface area contributed by atoms with Crippen LogP contribution in [0.1, 0.15) is 17.2 Å². The van der Waals surface area contributed by atoms with Crippen LogP contribution in [0.3, 0.4) is 0 Å². The lowest BCUT2D eigenvalue weighted by Gasteiger charge is -2.17. The van der Waals surface area contributed by atoms with Crippen molar-refractivity contribution >= 4 is 31.9 Å². The first-order valence-corrected chi connectivity index (χ1v) is 7.19. The molecule has 3 nitrogen and oxygen atoms in total. The van der Waals surface area contributed by atoms with E-state index < -0.39 is 0 Å². The summed E-state index contributed by atoms with van der Waals surface area (Å²) < 4.78 is 15.5. The standard InChI is InChI=1S/C13H12Br2FN3/c14-9-1-2-12(16)11(5-9)13(19-17)4-8-3-10(15)7-18-6-8/h1-3,5-7,13,19H,4,17H2. The minimum absolute atomic E-state index is 0.283. The van der Waals surface area contributed by atoms with Crippen LogP contribution in [0.4, 0.5) is 4.39 Å². The van der Waals surface area contributed by atoms with Crippen molar-refractivity contribution in [3.05, 3.63) is 62.5 Å². The van der Waals surface area contributed by atoms with Crippen molar-refractivity contribution in [3.63, 3.8) is 0 Å². The van der Waals surface area contributed by atoms with E-state index in [1.165, 1.54) is 6.07 Å². The largest absolute Gasteiger partial charge is 0.271 e. The van der Waals surface area contributed by atoms with E-state index in [-0.39, 0.29) is 11.9 Å². The van der Waals surface area contributed by atoms with E-state index in [1.54, 1.807) is 24.5 Å². The molecule has 0 aliphatic heterocycles. The summed E-state index contributed by atoms with van der Waals surface area (Å²) in [5.74, 6) is 5.26. The van der Waals surface area contributed by atoms with E-state index >= 15 is 0 Å². The molecule has 1 unspecified atom stereocenters. The number of hydrogen-bond acceptors (Lipinski definition) is 3. The van der Waals surface area contributed by atoms with Gasteiger partial charge in [-0.15, -0.1) is 0 Å². The molecule has 0 amide bonds. The van der Waals surface area contributed by atoms with Crippen LogP contribution in [-0.2, 0) is 6.42 Å². The Kier molecular flexibility index (Phi) is 5.04. The molecule has 0 radical (unpaired) electrons. The normalized spacial score (nSPS) is 12.4. The lowest BCUT2D eigenvalue weighted by Crippen LogP contribution is -2.30. The van der Waals surface area contributed by atoms with Crippen molar-refractivity contribution in [3.8, 4) is 0 Å². The third kappa shape index (κ3) is 3.82. The van der Waals surface area contributed by atoms with Crippen LogP contribution < -0.4 is 11.3 Å². The summed E-state index contributed by atoms with van der Waals surface area (Å²) in [6, 6.07) is 6.43. The Balaban J connectivity index is 2.27. The summed E-state index contributed by atoms with van der Waals surface area (Å²) >= 11 is 6.70. The second kappa shape index (κ2) is 6.56. The maximum absolute atomic E-state index is 13.8. The number of nitrogens with one attached hydrogen (secondary N) is 1. The average molecular weight is 389 g/mol. The van der Waals surface area contributed by atoms with Crippen molar-refractivity contribution in [1.29, 1.82) is 0 Å². The molecule has 2 aromatic rings. The van der Waals surface area contributed by atoms with Crippen LogP contribution in [0, 0.1) is 5.82 Å². The third-order valence-electron chi connectivity index (χ3n) is 2.74. The van der Waals surface area contributed by atoms with Crippen LogP contribution in [0.15, 0.2) is 45.6 Å². The lowest BCUT2D eigenvalue weighted by atomic mass is 10.00. The highest BCUT2D eigenvalue weighted by Crippen LogP contribution is 2.24. The van der Waals surface area contributed by atoms with E-state index in [9.17, 15) is 4.39 Å². The highest BCUT2D eigenvalue weighted by atomic mass is 79.9. The number of hydrazine groups is 1. The van der Waals surface area contributed by atoms with E-state index in [0.29, 0.717) is 12.0 Å². The van der Waals surface area contributed by atoms with Gasteiger partial charge < -0.3 is 0 Å². The Hall–Kier alpha value is -0.820. The average Bonchev–Trinajstić information content (AvgIpc) is 2.39. The first-order chi connectivity index (χ1) is 9.10. The van der Waals surface area contributed by atoms with Gasteiger partial charge in [0.05, 0.1) is 6.04 Å². The predicted octanol–water partition coefficient (Wildman–Crippen LogP) is 3.49. The SMILES string of the molecule is NNC(Cc1cncc(Br)c1)c1cc(Br)ccc1F. The lowest BCUT2D eigenvalue weighted by molar-refractivity contribution is 0.509. The first kappa shape index (κ1) is 14.6. The van der Waals surface area contributed by atoms with Crippen LogP contribution in [-0.4, -0.2) is 4.98 Å². The van der Waals surface area contributed by atoms with Gasteiger partial charge in [-0.3, -0.25) is 16.3 Å². The Labute approximate surface area is 127 Å². The molecule has 3 N–H and O–H groups in total. The van der Waals surface area contributed by atoms with Crippen LogP contribution in [0.5, 0.6) is 0 Å². The molecule has 0 bridgehead atoms. The molecule has 2 rings (SSSR count). The summed E-state index contributed by atoms with van der Waals surface area (Å²) in [4.78, 5) is 4.09. The molecule has 1 heterocycles. The second-order valence-corrected chi connectivity index (χ2v) is 5.93. The van der Waals surface area contributed by atoms with Crippen LogP contribution in [0.2, 0.25) is 0 Å². The summed E-state index contributed by atoms with van der Waals surface area (Å²) in [6.07, 6.45) is 4.00. The van der Waals surface area contributed by atoms with Crippen LogP contribution in [0.25, 0.3) is 0 Å². The minimum Gasteiger partial charge on any atom is -0.271 e. The number of nitrogens with zero attached hydrogens (tertiary/aromatic N) is 1. The Morgan fingerprint density at radius 1 is 1.21 bits per heavy atom. The molecule has 0 aliphatic carbocycles. The number of nitrogens with two attached hydrogens (primary N) is 1. The molecule has 0 spiro atoms. The summed E-state index contributed by atoms with van der Waals surface area (Å²) in [7, 11) is 0. The molecule has 0 saturated carbocycles. The zero-order valence-corrected chi connectivity index (χ0v) is 13.1. The van der Waals surface area contributed by atoms with E-state index in [1.807, 2.05) is 6.07 Å². The summed E-state index contributed by atoms with van der Waals surface area (Å²) in [5.41, 5.74) is 4.14. The van der Waals surface area contributed by atoms with Gasteiger partial charge in [0.15, 0.2) is 0 Å². The fourth-order valence-corrected chi connectivity index (χ4v) is 2.63. The minimum atomic E-state index is -0.311. The molecule has 100 valence electrons. The molecule has 0 fully saturated rings. The number of halogens is 3. The van der Waals surface area contributed by atoms with Gasteiger partial charge in [-0.2, -0.15) is 0 Å². The maximum atomic E-state index is 13.8. The van der Waals surface area contributed by atoms with Crippen molar-refractivity contribution in [2.24, 2.45) is 5.84 Å². The summed E-state index contributed by atoms with van der Waals surface area (Å²) in [6.45, 7) is 0. The number of hydrogen-bond donors (Lipinski definition) is 2. The summed E-state index contributed by atoms with van der Waals surface area (Å²) in [5, 5.41) is 0. The van der Waals surface area contributed by atoms with Crippen molar-refractivity contribution in [2.45, 2.75) is 12.5 Å². The number of rotatable bonds is 4. The van der Waals surface area contributed by atoms with E-state index in [0.717, 1.165) is 14.5 Å². The number of pyridine rings is 1. The topological polar surface area (TPSA) is 50.9 Å². The van der Waals surface area contributed by atoms with Gasteiger partial charge in [-0.05, 0) is 52.2 Å². The van der Waals surface area contributed by atoms with Gasteiger partial charge in [-0.1, -0.05) is 15.9 Å². The predicted molar refractivity (Wildman–Crippen MR) is 79.8 cm³/mol. The van der Waals surface area contributed by atoms with Gasteiger partial charge in [0, 0.05) is 26.9 Å². The van der Waals surface area contributed by atoms with Gasteiger partial charge in [0.2, 0.25) is 0 Å². The molecule has 1 aromatic carbocycles. The zero-order valence-electron chi connectivity index (χ0n) is 9.91. The fourth-order valence-electron chi connectivity index (χ4n) is 1.84. The first-order valence-electron chi connectivity index (χ1n) is 5.60.